The van der Waals surface area contributed by atoms with Crippen molar-refractivity contribution in [1.29, 1.82) is 0 Å². The minimum absolute atomic E-state index is 0.179. The molecule has 0 fully saturated rings. The zero-order chi connectivity index (χ0) is 13.5. The molecule has 2 rings (SSSR count). The summed E-state index contributed by atoms with van der Waals surface area (Å²) in [5, 5.41) is 3.12. The largest absolute Gasteiger partial charge is 0.385 e. The summed E-state index contributed by atoms with van der Waals surface area (Å²) in [4.78, 5) is 16.3. The van der Waals surface area contributed by atoms with E-state index in [0.717, 1.165) is 26.0 Å². The number of aromatic nitrogens is 5. The zero-order valence-corrected chi connectivity index (χ0v) is 10.8. The number of nitrogen functional groups attached to an aromatic ring is 1. The zero-order valence-electron chi connectivity index (χ0n) is 10.8. The van der Waals surface area contributed by atoms with E-state index in [4.69, 9.17) is 10.5 Å². The lowest BCUT2D eigenvalue weighted by Crippen LogP contribution is -2.11. The standard InChI is InChI=1S/C11H17N7O/c1-19-7-3-2-4-14-10-15-9(12)16-11(17-10)18-6-5-13-8-18/h5-6,8H,2-4,7H2,1H3,(H3,12,14,15,16,17). The fourth-order valence-electron chi connectivity index (χ4n) is 1.52. The lowest BCUT2D eigenvalue weighted by Gasteiger charge is -2.07. The van der Waals surface area contributed by atoms with E-state index in [-0.39, 0.29) is 5.95 Å². The fourth-order valence-corrected chi connectivity index (χ4v) is 1.52. The van der Waals surface area contributed by atoms with Gasteiger partial charge in [-0.25, -0.2) is 4.98 Å². The van der Waals surface area contributed by atoms with Crippen LogP contribution in [0.25, 0.3) is 5.95 Å². The normalized spacial score (nSPS) is 10.6. The molecule has 2 aromatic rings. The number of anilines is 2. The molecule has 0 radical (unpaired) electrons. The van der Waals surface area contributed by atoms with Gasteiger partial charge in [-0.1, -0.05) is 0 Å². The molecular weight excluding hydrogens is 246 g/mol. The molecule has 0 aliphatic carbocycles. The Kier molecular flexibility index (Phi) is 4.62. The number of nitrogens with one attached hydrogen (secondary N) is 1. The van der Waals surface area contributed by atoms with Gasteiger partial charge in [0.15, 0.2) is 0 Å². The minimum Gasteiger partial charge on any atom is -0.385 e. The number of unbranched alkanes of at least 4 members (excludes halogenated alkanes) is 1. The van der Waals surface area contributed by atoms with Crippen LogP contribution in [0.1, 0.15) is 12.8 Å². The molecule has 0 saturated carbocycles. The molecule has 19 heavy (non-hydrogen) atoms. The first-order valence-electron chi connectivity index (χ1n) is 6.02. The molecule has 2 heterocycles. The first-order valence-corrected chi connectivity index (χ1v) is 6.02. The average Bonchev–Trinajstić information content (AvgIpc) is 2.92. The summed E-state index contributed by atoms with van der Waals surface area (Å²) in [6, 6.07) is 0. The first-order chi connectivity index (χ1) is 9.29. The van der Waals surface area contributed by atoms with Crippen LogP contribution in [-0.4, -0.2) is 44.8 Å². The maximum atomic E-state index is 5.66. The van der Waals surface area contributed by atoms with E-state index in [0.29, 0.717) is 11.9 Å². The quantitative estimate of drug-likeness (QED) is 0.700. The lowest BCUT2D eigenvalue weighted by atomic mass is 10.3. The predicted molar refractivity (Wildman–Crippen MR) is 71.0 cm³/mol. The molecule has 8 heteroatoms. The third-order valence-corrected chi connectivity index (χ3v) is 2.43. The number of nitrogens with two attached hydrogens (primary N) is 1. The van der Waals surface area contributed by atoms with Crippen LogP contribution in [0.5, 0.6) is 0 Å². The maximum absolute atomic E-state index is 5.66. The van der Waals surface area contributed by atoms with Crippen molar-refractivity contribution in [2.75, 3.05) is 31.3 Å². The topological polar surface area (TPSA) is 104 Å². The van der Waals surface area contributed by atoms with Gasteiger partial charge in [0.2, 0.25) is 17.8 Å². The number of nitrogens with zero attached hydrogens (tertiary/aromatic N) is 5. The molecular formula is C11H17N7O. The highest BCUT2D eigenvalue weighted by molar-refractivity contribution is 5.34. The molecule has 2 aromatic heterocycles. The van der Waals surface area contributed by atoms with E-state index in [1.807, 2.05) is 0 Å². The molecule has 0 aromatic carbocycles. The van der Waals surface area contributed by atoms with Crippen LogP contribution < -0.4 is 11.1 Å². The van der Waals surface area contributed by atoms with Gasteiger partial charge >= 0.3 is 0 Å². The molecule has 0 bridgehead atoms. The van der Waals surface area contributed by atoms with Crippen LogP contribution in [0, 0.1) is 0 Å². The Morgan fingerprint density at radius 3 is 2.95 bits per heavy atom. The van der Waals surface area contributed by atoms with Gasteiger partial charge in [0.05, 0.1) is 0 Å². The highest BCUT2D eigenvalue weighted by Gasteiger charge is 2.05. The number of imidazole rings is 1. The second-order valence-electron chi connectivity index (χ2n) is 3.91. The van der Waals surface area contributed by atoms with Crippen molar-refractivity contribution in [3.05, 3.63) is 18.7 Å². The molecule has 102 valence electrons. The van der Waals surface area contributed by atoms with E-state index in [9.17, 15) is 0 Å². The van der Waals surface area contributed by atoms with Gasteiger partial charge < -0.3 is 15.8 Å². The van der Waals surface area contributed by atoms with Crippen LogP contribution in [0.15, 0.2) is 18.7 Å². The summed E-state index contributed by atoms with van der Waals surface area (Å²) in [6.45, 7) is 1.51. The van der Waals surface area contributed by atoms with Crippen molar-refractivity contribution >= 4 is 11.9 Å². The summed E-state index contributed by atoms with van der Waals surface area (Å²) in [7, 11) is 1.69. The predicted octanol–water partition coefficient (Wildman–Crippen LogP) is 0.478. The van der Waals surface area contributed by atoms with Crippen molar-refractivity contribution < 1.29 is 4.74 Å². The average molecular weight is 263 g/mol. The third kappa shape index (κ3) is 3.88. The first kappa shape index (κ1) is 13.2. The van der Waals surface area contributed by atoms with E-state index in [1.165, 1.54) is 0 Å². The Labute approximate surface area is 111 Å². The van der Waals surface area contributed by atoms with Gasteiger partial charge in [0.25, 0.3) is 0 Å². The number of methoxy groups -OCH3 is 1. The fraction of sp³-hybridized carbons (Fsp3) is 0.455. The number of hydrogen-bond donors (Lipinski definition) is 2. The van der Waals surface area contributed by atoms with Gasteiger partial charge in [0, 0.05) is 32.7 Å². The van der Waals surface area contributed by atoms with Gasteiger partial charge in [-0.15, -0.1) is 0 Å². The van der Waals surface area contributed by atoms with Crippen molar-refractivity contribution in [2.24, 2.45) is 0 Å². The van der Waals surface area contributed by atoms with Crippen LogP contribution in [-0.2, 0) is 4.74 Å². The minimum atomic E-state index is 0.179. The van der Waals surface area contributed by atoms with Crippen LogP contribution in [0.4, 0.5) is 11.9 Å². The van der Waals surface area contributed by atoms with E-state index >= 15 is 0 Å². The summed E-state index contributed by atoms with van der Waals surface area (Å²) >= 11 is 0. The molecule has 0 aliphatic heterocycles. The van der Waals surface area contributed by atoms with Crippen LogP contribution in [0.3, 0.4) is 0 Å². The highest BCUT2D eigenvalue weighted by Crippen LogP contribution is 2.07. The Hall–Kier alpha value is -2.22. The summed E-state index contributed by atoms with van der Waals surface area (Å²) in [5.74, 6) is 1.09. The van der Waals surface area contributed by atoms with Crippen molar-refractivity contribution in [3.63, 3.8) is 0 Å². The molecule has 8 nitrogen and oxygen atoms in total. The second kappa shape index (κ2) is 6.64. The maximum Gasteiger partial charge on any atom is 0.241 e. The van der Waals surface area contributed by atoms with E-state index < -0.39 is 0 Å². The summed E-state index contributed by atoms with van der Waals surface area (Å²) in [5.41, 5.74) is 5.66. The third-order valence-electron chi connectivity index (χ3n) is 2.43. The highest BCUT2D eigenvalue weighted by atomic mass is 16.5. The molecule has 0 amide bonds. The Balaban J connectivity index is 1.97. The molecule has 0 spiro atoms. The Bertz CT molecular complexity index is 500. The van der Waals surface area contributed by atoms with Gasteiger partial charge in [-0.05, 0) is 12.8 Å². The summed E-state index contributed by atoms with van der Waals surface area (Å²) < 4.78 is 6.66. The lowest BCUT2D eigenvalue weighted by molar-refractivity contribution is 0.193. The van der Waals surface area contributed by atoms with Crippen LogP contribution >= 0.6 is 0 Å². The van der Waals surface area contributed by atoms with E-state index in [1.54, 1.807) is 30.4 Å². The smallest absolute Gasteiger partial charge is 0.241 e. The van der Waals surface area contributed by atoms with Crippen LogP contribution in [0.2, 0.25) is 0 Å². The molecule has 0 aliphatic rings. The number of hydrogen-bond acceptors (Lipinski definition) is 7. The number of ether oxygens (including phenoxy) is 1. The van der Waals surface area contributed by atoms with Gasteiger partial charge in [-0.3, -0.25) is 4.57 Å². The number of rotatable bonds is 7. The molecule has 3 N–H and O–H groups in total. The van der Waals surface area contributed by atoms with Gasteiger partial charge in [-0.2, -0.15) is 15.0 Å². The summed E-state index contributed by atoms with van der Waals surface area (Å²) in [6.07, 6.45) is 6.96. The molecule has 0 atom stereocenters. The van der Waals surface area contributed by atoms with E-state index in [2.05, 4.69) is 25.3 Å². The Morgan fingerprint density at radius 1 is 1.32 bits per heavy atom. The Morgan fingerprint density at radius 2 is 2.21 bits per heavy atom. The molecule has 0 unspecified atom stereocenters. The van der Waals surface area contributed by atoms with Crippen molar-refractivity contribution in [1.82, 2.24) is 24.5 Å². The molecule has 0 saturated heterocycles. The SMILES string of the molecule is COCCCCNc1nc(N)nc(-n2ccnc2)n1. The van der Waals surface area contributed by atoms with Crippen molar-refractivity contribution in [3.8, 4) is 5.95 Å². The van der Waals surface area contributed by atoms with Gasteiger partial charge in [0.1, 0.15) is 6.33 Å². The monoisotopic (exact) mass is 263 g/mol. The second-order valence-corrected chi connectivity index (χ2v) is 3.91. The van der Waals surface area contributed by atoms with Crippen molar-refractivity contribution in [2.45, 2.75) is 12.8 Å².